The minimum atomic E-state index is -0.863. The van der Waals surface area contributed by atoms with E-state index in [4.69, 9.17) is 4.74 Å². The molecule has 1 aromatic heterocycles. The van der Waals surface area contributed by atoms with E-state index in [1.54, 1.807) is 13.0 Å². The molecule has 0 radical (unpaired) electrons. The van der Waals surface area contributed by atoms with Gasteiger partial charge in [0.15, 0.2) is 0 Å². The number of benzene rings is 1. The minimum absolute atomic E-state index is 0.118. The molecule has 0 fully saturated rings. The number of anilines is 1. The fraction of sp³-hybridized carbons (Fsp3) is 0.188. The summed E-state index contributed by atoms with van der Waals surface area (Å²) < 4.78 is 31.1. The fourth-order valence-corrected chi connectivity index (χ4v) is 2.36. The lowest BCUT2D eigenvalue weighted by molar-refractivity contribution is -0.139. The largest absolute Gasteiger partial charge is 0.465 e. The minimum Gasteiger partial charge on any atom is -0.465 e. The Bertz CT molecular complexity index is 739. The van der Waals surface area contributed by atoms with Crippen LogP contribution in [0.5, 0.6) is 0 Å². The van der Waals surface area contributed by atoms with Gasteiger partial charge in [-0.1, -0.05) is 11.8 Å². The molecule has 1 N–H and O–H groups in total. The number of pyridine rings is 1. The zero-order valence-corrected chi connectivity index (χ0v) is 13.5. The Balaban J connectivity index is 1.97. The molecule has 2 rings (SSSR count). The van der Waals surface area contributed by atoms with Crippen molar-refractivity contribution >= 4 is 29.3 Å². The number of hydrogen-bond acceptors (Lipinski definition) is 5. The van der Waals surface area contributed by atoms with E-state index in [1.165, 1.54) is 24.0 Å². The Morgan fingerprint density at radius 1 is 1.25 bits per heavy atom. The monoisotopic (exact) mass is 352 g/mol. The SMILES string of the molecule is CCOC(=O)CSc1ccc(C(=O)Nc2ccc(F)cc2F)cn1. The molecule has 0 atom stereocenters. The van der Waals surface area contributed by atoms with Crippen LogP contribution in [0.25, 0.3) is 0 Å². The predicted octanol–water partition coefficient (Wildman–Crippen LogP) is 3.27. The molecule has 8 heteroatoms. The van der Waals surface area contributed by atoms with E-state index in [2.05, 4.69) is 10.3 Å². The number of esters is 1. The molecule has 0 aliphatic rings. The first-order valence-corrected chi connectivity index (χ1v) is 7.99. The van der Waals surface area contributed by atoms with Gasteiger partial charge in [0.05, 0.1) is 28.6 Å². The van der Waals surface area contributed by atoms with Crippen LogP contribution >= 0.6 is 11.8 Å². The molecule has 5 nitrogen and oxygen atoms in total. The molecule has 24 heavy (non-hydrogen) atoms. The highest BCUT2D eigenvalue weighted by atomic mass is 32.2. The number of carbonyl (C=O) groups is 2. The topological polar surface area (TPSA) is 68.3 Å². The van der Waals surface area contributed by atoms with Crippen LogP contribution in [0.2, 0.25) is 0 Å². The van der Waals surface area contributed by atoms with Crippen molar-refractivity contribution in [1.82, 2.24) is 4.98 Å². The number of carbonyl (C=O) groups excluding carboxylic acids is 2. The maximum absolute atomic E-state index is 13.5. The second-order valence-electron chi connectivity index (χ2n) is 4.56. The van der Waals surface area contributed by atoms with Crippen LogP contribution in [-0.2, 0) is 9.53 Å². The third-order valence-corrected chi connectivity index (χ3v) is 3.74. The smallest absolute Gasteiger partial charge is 0.316 e. The summed E-state index contributed by atoms with van der Waals surface area (Å²) in [5, 5.41) is 2.89. The molecule has 0 unspecified atom stereocenters. The summed E-state index contributed by atoms with van der Waals surface area (Å²) in [6.45, 7) is 2.03. The van der Waals surface area contributed by atoms with Gasteiger partial charge in [0.2, 0.25) is 0 Å². The van der Waals surface area contributed by atoms with Gasteiger partial charge in [0, 0.05) is 12.3 Å². The first-order chi connectivity index (χ1) is 11.5. The Labute approximate surface area is 141 Å². The van der Waals surface area contributed by atoms with Crippen molar-refractivity contribution in [3.8, 4) is 0 Å². The van der Waals surface area contributed by atoms with E-state index < -0.39 is 17.5 Å². The predicted molar refractivity (Wildman–Crippen MR) is 85.9 cm³/mol. The second-order valence-corrected chi connectivity index (χ2v) is 5.55. The molecule has 2 aromatic rings. The number of halogens is 2. The zero-order chi connectivity index (χ0) is 17.5. The van der Waals surface area contributed by atoms with Crippen molar-refractivity contribution < 1.29 is 23.1 Å². The van der Waals surface area contributed by atoms with Gasteiger partial charge in [-0.15, -0.1) is 0 Å². The highest BCUT2D eigenvalue weighted by Gasteiger charge is 2.11. The van der Waals surface area contributed by atoms with E-state index in [9.17, 15) is 18.4 Å². The quantitative estimate of drug-likeness (QED) is 0.638. The highest BCUT2D eigenvalue weighted by Crippen LogP contribution is 2.18. The number of amides is 1. The van der Waals surface area contributed by atoms with Crippen molar-refractivity contribution in [2.24, 2.45) is 0 Å². The normalized spacial score (nSPS) is 10.3. The van der Waals surface area contributed by atoms with E-state index in [-0.39, 0.29) is 23.0 Å². The second kappa shape index (κ2) is 8.39. The maximum atomic E-state index is 13.5. The van der Waals surface area contributed by atoms with Gasteiger partial charge in [-0.2, -0.15) is 0 Å². The molecule has 0 aliphatic heterocycles. The first kappa shape index (κ1) is 17.9. The van der Waals surface area contributed by atoms with Gasteiger partial charge in [-0.3, -0.25) is 9.59 Å². The summed E-state index contributed by atoms with van der Waals surface area (Å²) >= 11 is 1.18. The summed E-state index contributed by atoms with van der Waals surface area (Å²) in [4.78, 5) is 27.3. The maximum Gasteiger partial charge on any atom is 0.316 e. The van der Waals surface area contributed by atoms with Crippen LogP contribution in [0, 0.1) is 11.6 Å². The van der Waals surface area contributed by atoms with Gasteiger partial charge in [0.1, 0.15) is 11.6 Å². The molecule has 126 valence electrons. The van der Waals surface area contributed by atoms with Crippen LogP contribution in [-0.4, -0.2) is 29.2 Å². The summed E-state index contributed by atoms with van der Waals surface area (Å²) in [6, 6.07) is 5.94. The number of hydrogen-bond donors (Lipinski definition) is 1. The van der Waals surface area contributed by atoms with Crippen LogP contribution < -0.4 is 5.32 Å². The van der Waals surface area contributed by atoms with Gasteiger partial charge in [-0.25, -0.2) is 13.8 Å². The Morgan fingerprint density at radius 2 is 2.04 bits per heavy atom. The molecule has 1 amide bonds. The third kappa shape index (κ3) is 5.02. The van der Waals surface area contributed by atoms with Crippen molar-refractivity contribution in [3.63, 3.8) is 0 Å². The average Bonchev–Trinajstić information content (AvgIpc) is 2.56. The third-order valence-electron chi connectivity index (χ3n) is 2.82. The number of ether oxygens (including phenoxy) is 1. The number of aromatic nitrogens is 1. The standard InChI is InChI=1S/C16H14F2N2O3S/c1-2-23-15(21)9-24-14-6-3-10(8-19-14)16(22)20-13-5-4-11(17)7-12(13)18/h3-8H,2,9H2,1H3,(H,20,22). The van der Waals surface area contributed by atoms with E-state index >= 15 is 0 Å². The summed E-state index contributed by atoms with van der Waals surface area (Å²) in [7, 11) is 0. The van der Waals surface area contributed by atoms with E-state index in [0.717, 1.165) is 12.1 Å². The van der Waals surface area contributed by atoms with Crippen LogP contribution in [0.4, 0.5) is 14.5 Å². The Morgan fingerprint density at radius 3 is 2.67 bits per heavy atom. The molecule has 0 saturated carbocycles. The van der Waals surface area contributed by atoms with Gasteiger partial charge >= 0.3 is 5.97 Å². The molecular formula is C16H14F2N2O3S. The number of nitrogens with one attached hydrogen (secondary N) is 1. The lowest BCUT2D eigenvalue weighted by atomic mass is 10.2. The van der Waals surface area contributed by atoms with Crippen molar-refractivity contribution in [3.05, 3.63) is 53.7 Å². The van der Waals surface area contributed by atoms with Crippen LogP contribution in [0.15, 0.2) is 41.6 Å². The Hall–Kier alpha value is -2.48. The first-order valence-electron chi connectivity index (χ1n) is 7.00. The number of rotatable bonds is 6. The van der Waals surface area contributed by atoms with Crippen LogP contribution in [0.3, 0.4) is 0 Å². The molecule has 1 aromatic carbocycles. The fourth-order valence-electron chi connectivity index (χ4n) is 1.72. The number of nitrogens with zero attached hydrogens (tertiary/aromatic N) is 1. The van der Waals surface area contributed by atoms with Gasteiger partial charge in [0.25, 0.3) is 5.91 Å². The van der Waals surface area contributed by atoms with Gasteiger partial charge < -0.3 is 10.1 Å². The van der Waals surface area contributed by atoms with Crippen molar-refractivity contribution in [2.75, 3.05) is 17.7 Å². The lowest BCUT2D eigenvalue weighted by Crippen LogP contribution is -2.13. The molecule has 0 bridgehead atoms. The molecular weight excluding hydrogens is 338 g/mol. The van der Waals surface area contributed by atoms with Crippen molar-refractivity contribution in [1.29, 1.82) is 0 Å². The summed E-state index contributed by atoms with van der Waals surface area (Å²) in [5.41, 5.74) is 0.0846. The summed E-state index contributed by atoms with van der Waals surface area (Å²) in [6.07, 6.45) is 1.31. The number of thioether (sulfide) groups is 1. The molecule has 1 heterocycles. The summed E-state index contributed by atoms with van der Waals surface area (Å²) in [5.74, 6) is -2.39. The Kier molecular flexibility index (Phi) is 6.25. The molecule has 0 saturated heterocycles. The van der Waals surface area contributed by atoms with E-state index in [0.29, 0.717) is 17.7 Å². The van der Waals surface area contributed by atoms with E-state index in [1.807, 2.05) is 0 Å². The average molecular weight is 352 g/mol. The van der Waals surface area contributed by atoms with Crippen molar-refractivity contribution in [2.45, 2.75) is 11.9 Å². The highest BCUT2D eigenvalue weighted by molar-refractivity contribution is 7.99. The van der Waals surface area contributed by atoms with Crippen LogP contribution in [0.1, 0.15) is 17.3 Å². The zero-order valence-electron chi connectivity index (χ0n) is 12.7. The lowest BCUT2D eigenvalue weighted by Gasteiger charge is -2.07. The molecule has 0 aliphatic carbocycles. The molecule has 0 spiro atoms. The van der Waals surface area contributed by atoms with Gasteiger partial charge in [-0.05, 0) is 31.2 Å².